The fourth-order valence-electron chi connectivity index (χ4n) is 2.85. The Labute approximate surface area is 135 Å². The van der Waals surface area contributed by atoms with Gasteiger partial charge < -0.3 is 5.32 Å². The summed E-state index contributed by atoms with van der Waals surface area (Å²) in [5, 5.41) is 6.89. The zero-order valence-electron chi connectivity index (χ0n) is 13.1. The van der Waals surface area contributed by atoms with Crippen molar-refractivity contribution in [2.45, 2.75) is 31.1 Å². The maximum absolute atomic E-state index is 12.7. The van der Waals surface area contributed by atoms with Gasteiger partial charge in [-0.3, -0.25) is 4.79 Å². The Morgan fingerprint density at radius 1 is 1.30 bits per heavy atom. The summed E-state index contributed by atoms with van der Waals surface area (Å²) in [6.45, 7) is 1.90. The number of amides is 1. The number of carbonyl (C=O) groups is 1. The molecule has 0 saturated carbocycles. The Hall–Kier alpha value is -2.15. The van der Waals surface area contributed by atoms with E-state index in [1.165, 1.54) is 0 Å². The van der Waals surface area contributed by atoms with E-state index >= 15 is 0 Å². The lowest BCUT2D eigenvalue weighted by Gasteiger charge is -2.19. The molecule has 1 heterocycles. The number of hydrogen-bond acceptors (Lipinski definition) is 4. The van der Waals surface area contributed by atoms with E-state index < -0.39 is 10.0 Å². The molecule has 1 unspecified atom stereocenters. The zero-order valence-corrected chi connectivity index (χ0v) is 13.9. The molecule has 1 aromatic carbocycles. The first kappa shape index (κ1) is 15.7. The number of fused-ring (bicyclic) bond motifs is 1. The fourth-order valence-corrected chi connectivity index (χ4v) is 4.02. The standard InChI is InChI=1S/C16H19N3O3S/c1-11-3-6-14(7-4-11)23(21,22)19-10-13-9-12(16(20)17-2)5-8-15(13)18-19/h3-4,6-7,10,12H,5,8-9H2,1-2H3,(H,17,20). The molecule has 0 bridgehead atoms. The summed E-state index contributed by atoms with van der Waals surface area (Å²) in [7, 11) is -2.07. The minimum Gasteiger partial charge on any atom is -0.359 e. The van der Waals surface area contributed by atoms with Crippen LogP contribution < -0.4 is 5.32 Å². The van der Waals surface area contributed by atoms with Crippen molar-refractivity contribution in [1.29, 1.82) is 0 Å². The first-order valence-electron chi connectivity index (χ1n) is 7.53. The third-order valence-corrected chi connectivity index (χ3v) is 5.78. The van der Waals surface area contributed by atoms with Crippen LogP contribution in [0.5, 0.6) is 0 Å². The summed E-state index contributed by atoms with van der Waals surface area (Å²) in [4.78, 5) is 12.0. The molecule has 3 rings (SSSR count). The number of nitrogens with zero attached hydrogens (tertiary/aromatic N) is 2. The first-order valence-corrected chi connectivity index (χ1v) is 8.97. The van der Waals surface area contributed by atoms with Gasteiger partial charge in [-0.25, -0.2) is 0 Å². The Balaban J connectivity index is 1.93. The summed E-state index contributed by atoms with van der Waals surface area (Å²) in [6, 6.07) is 6.69. The molecular weight excluding hydrogens is 314 g/mol. The predicted molar refractivity (Wildman–Crippen MR) is 85.6 cm³/mol. The van der Waals surface area contributed by atoms with E-state index in [9.17, 15) is 13.2 Å². The lowest BCUT2D eigenvalue weighted by molar-refractivity contribution is -0.124. The molecule has 1 aliphatic rings. The van der Waals surface area contributed by atoms with Crippen LogP contribution in [0.3, 0.4) is 0 Å². The lowest BCUT2D eigenvalue weighted by atomic mass is 9.87. The van der Waals surface area contributed by atoms with Crippen LogP contribution in [0.15, 0.2) is 35.4 Å². The molecule has 2 aromatic rings. The van der Waals surface area contributed by atoms with E-state index in [-0.39, 0.29) is 16.7 Å². The van der Waals surface area contributed by atoms with E-state index in [4.69, 9.17) is 0 Å². The van der Waals surface area contributed by atoms with Gasteiger partial charge in [0.25, 0.3) is 10.0 Å². The number of hydrogen-bond donors (Lipinski definition) is 1. The highest BCUT2D eigenvalue weighted by Gasteiger charge is 2.28. The number of nitrogens with one attached hydrogen (secondary N) is 1. The van der Waals surface area contributed by atoms with Crippen LogP contribution in [0.25, 0.3) is 0 Å². The second-order valence-electron chi connectivity index (χ2n) is 5.85. The maximum atomic E-state index is 12.7. The smallest absolute Gasteiger partial charge is 0.282 e. The van der Waals surface area contributed by atoms with Gasteiger partial charge in [0.2, 0.25) is 5.91 Å². The highest BCUT2D eigenvalue weighted by atomic mass is 32.2. The van der Waals surface area contributed by atoms with Gasteiger partial charge in [0.05, 0.1) is 10.6 Å². The van der Waals surface area contributed by atoms with Crippen molar-refractivity contribution >= 4 is 15.9 Å². The van der Waals surface area contributed by atoms with E-state index in [1.54, 1.807) is 37.5 Å². The van der Waals surface area contributed by atoms with Gasteiger partial charge in [0.1, 0.15) is 0 Å². The first-order chi connectivity index (χ1) is 10.9. The maximum Gasteiger partial charge on any atom is 0.282 e. The molecule has 0 spiro atoms. The van der Waals surface area contributed by atoms with Crippen molar-refractivity contribution in [2.75, 3.05) is 7.05 Å². The van der Waals surface area contributed by atoms with E-state index in [2.05, 4.69) is 10.4 Å². The van der Waals surface area contributed by atoms with Crippen LogP contribution in [0.4, 0.5) is 0 Å². The van der Waals surface area contributed by atoms with Crippen molar-refractivity contribution in [3.63, 3.8) is 0 Å². The molecule has 1 N–H and O–H groups in total. The van der Waals surface area contributed by atoms with E-state index in [0.29, 0.717) is 19.3 Å². The number of benzene rings is 1. The molecule has 23 heavy (non-hydrogen) atoms. The number of aryl methyl sites for hydroxylation is 2. The fraction of sp³-hybridized carbons (Fsp3) is 0.375. The van der Waals surface area contributed by atoms with Gasteiger partial charge in [0.15, 0.2) is 0 Å². The van der Waals surface area contributed by atoms with Gasteiger partial charge in [-0.2, -0.15) is 17.6 Å². The summed E-state index contributed by atoms with van der Waals surface area (Å²) in [5.41, 5.74) is 2.60. The topological polar surface area (TPSA) is 81.1 Å². The largest absolute Gasteiger partial charge is 0.359 e. The molecule has 0 radical (unpaired) electrons. The monoisotopic (exact) mass is 333 g/mol. The van der Waals surface area contributed by atoms with Crippen molar-refractivity contribution < 1.29 is 13.2 Å². The van der Waals surface area contributed by atoms with Crippen molar-refractivity contribution in [3.8, 4) is 0 Å². The molecule has 6 nitrogen and oxygen atoms in total. The lowest BCUT2D eigenvalue weighted by Crippen LogP contribution is -2.31. The van der Waals surface area contributed by atoms with Crippen LogP contribution in [-0.2, 0) is 27.7 Å². The van der Waals surface area contributed by atoms with Crippen molar-refractivity contribution in [1.82, 2.24) is 14.5 Å². The van der Waals surface area contributed by atoms with Crippen LogP contribution in [0.2, 0.25) is 0 Å². The molecule has 7 heteroatoms. The average molecular weight is 333 g/mol. The molecule has 0 saturated heterocycles. The molecule has 122 valence electrons. The SMILES string of the molecule is CNC(=O)C1CCc2nn(S(=O)(=O)c3ccc(C)cc3)cc2C1. The predicted octanol–water partition coefficient (Wildman–Crippen LogP) is 1.28. The highest BCUT2D eigenvalue weighted by molar-refractivity contribution is 7.89. The van der Waals surface area contributed by atoms with Gasteiger partial charge in [0, 0.05) is 19.2 Å². The minimum absolute atomic E-state index is 0.00945. The van der Waals surface area contributed by atoms with Crippen LogP contribution in [0, 0.1) is 12.8 Å². The van der Waals surface area contributed by atoms with Gasteiger partial charge in [-0.05, 0) is 43.9 Å². The molecule has 0 fully saturated rings. The Bertz CT molecular complexity index is 838. The van der Waals surface area contributed by atoms with Crippen molar-refractivity contribution in [3.05, 3.63) is 47.3 Å². The molecular formula is C16H19N3O3S. The van der Waals surface area contributed by atoms with Crippen LogP contribution in [-0.4, -0.2) is 30.6 Å². The second-order valence-corrected chi connectivity index (χ2v) is 7.64. The normalized spacial score (nSPS) is 17.6. The highest BCUT2D eigenvalue weighted by Crippen LogP contribution is 2.26. The number of aromatic nitrogens is 2. The van der Waals surface area contributed by atoms with Crippen LogP contribution in [0.1, 0.15) is 23.2 Å². The summed E-state index contributed by atoms with van der Waals surface area (Å²) < 4.78 is 26.3. The van der Waals surface area contributed by atoms with E-state index in [1.807, 2.05) is 6.92 Å². The van der Waals surface area contributed by atoms with E-state index in [0.717, 1.165) is 20.9 Å². The third kappa shape index (κ3) is 2.88. The van der Waals surface area contributed by atoms with Gasteiger partial charge in [-0.1, -0.05) is 17.7 Å². The molecule has 1 aliphatic carbocycles. The van der Waals surface area contributed by atoms with Gasteiger partial charge in [-0.15, -0.1) is 0 Å². The summed E-state index contributed by atoms with van der Waals surface area (Å²) in [5.74, 6) is -0.128. The second kappa shape index (κ2) is 5.81. The molecule has 1 aromatic heterocycles. The number of carbonyl (C=O) groups excluding carboxylic acids is 1. The molecule has 1 amide bonds. The Morgan fingerprint density at radius 2 is 2.00 bits per heavy atom. The average Bonchev–Trinajstić information content (AvgIpc) is 2.98. The molecule has 0 aliphatic heterocycles. The Morgan fingerprint density at radius 3 is 2.65 bits per heavy atom. The third-order valence-electron chi connectivity index (χ3n) is 4.23. The minimum atomic E-state index is -3.69. The Kier molecular flexibility index (Phi) is 3.97. The van der Waals surface area contributed by atoms with Crippen LogP contribution >= 0.6 is 0 Å². The summed E-state index contributed by atoms with van der Waals surface area (Å²) in [6.07, 6.45) is 3.37. The summed E-state index contributed by atoms with van der Waals surface area (Å²) >= 11 is 0. The quantitative estimate of drug-likeness (QED) is 0.917. The van der Waals surface area contributed by atoms with Gasteiger partial charge >= 0.3 is 0 Å². The van der Waals surface area contributed by atoms with Crippen molar-refractivity contribution in [2.24, 2.45) is 5.92 Å². The zero-order chi connectivity index (χ0) is 16.6. The number of rotatable bonds is 3. The molecule has 1 atom stereocenters.